The minimum atomic E-state index is 0. The molecule has 2 rings (SSSR count). The zero-order valence-corrected chi connectivity index (χ0v) is 11.6. The molecule has 18 heavy (non-hydrogen) atoms. The summed E-state index contributed by atoms with van der Waals surface area (Å²) >= 11 is 0. The van der Waals surface area contributed by atoms with Crippen LogP contribution in [0.3, 0.4) is 0 Å². The highest BCUT2D eigenvalue weighted by Crippen LogP contribution is 2.19. The monoisotopic (exact) mass is 268 g/mol. The lowest BCUT2D eigenvalue weighted by Gasteiger charge is -2.23. The molecule has 0 saturated carbocycles. The highest BCUT2D eigenvalue weighted by molar-refractivity contribution is 5.94. The molecular weight excluding hydrogens is 248 g/mol. The minimum Gasteiger partial charge on any atom is -0.334 e. The summed E-state index contributed by atoms with van der Waals surface area (Å²) in [5.74, 6) is 0.126. The van der Waals surface area contributed by atoms with Crippen LogP contribution in [0.25, 0.3) is 0 Å². The van der Waals surface area contributed by atoms with Crippen LogP contribution < -0.4 is 5.73 Å². The molecule has 1 aromatic rings. The Labute approximate surface area is 115 Å². The van der Waals surface area contributed by atoms with Gasteiger partial charge in [0.15, 0.2) is 0 Å². The molecule has 3 nitrogen and oxygen atoms in total. The second kappa shape index (κ2) is 6.76. The average Bonchev–Trinajstić information content (AvgIpc) is 2.86. The number of likely N-dealkylation sites (tertiary alicyclic amines) is 1. The van der Waals surface area contributed by atoms with Gasteiger partial charge in [0.05, 0.1) is 0 Å². The molecule has 0 aromatic heterocycles. The van der Waals surface area contributed by atoms with Gasteiger partial charge in [-0.05, 0) is 37.0 Å². The maximum Gasteiger partial charge on any atom is 0.254 e. The topological polar surface area (TPSA) is 46.3 Å². The molecule has 1 aliphatic heterocycles. The van der Waals surface area contributed by atoms with Gasteiger partial charge >= 0.3 is 0 Å². The Kier molecular flexibility index (Phi) is 5.63. The minimum absolute atomic E-state index is 0. The van der Waals surface area contributed by atoms with Crippen molar-refractivity contribution in [2.75, 3.05) is 13.1 Å². The fourth-order valence-corrected chi connectivity index (χ4v) is 2.40. The summed E-state index contributed by atoms with van der Waals surface area (Å²) in [5.41, 5.74) is 7.73. The van der Waals surface area contributed by atoms with Crippen LogP contribution in [0.4, 0.5) is 0 Å². The first kappa shape index (κ1) is 15.0. The van der Waals surface area contributed by atoms with E-state index in [1.54, 1.807) is 0 Å². The van der Waals surface area contributed by atoms with Gasteiger partial charge in [-0.25, -0.2) is 0 Å². The third-order valence-corrected chi connectivity index (χ3v) is 3.52. The van der Waals surface area contributed by atoms with Crippen molar-refractivity contribution in [1.29, 1.82) is 0 Å². The number of benzene rings is 1. The van der Waals surface area contributed by atoms with Gasteiger partial charge in [-0.2, -0.15) is 0 Å². The second-order valence-electron chi connectivity index (χ2n) is 4.58. The van der Waals surface area contributed by atoms with Gasteiger partial charge in [0.1, 0.15) is 0 Å². The summed E-state index contributed by atoms with van der Waals surface area (Å²) in [7, 11) is 0. The zero-order valence-electron chi connectivity index (χ0n) is 10.8. The van der Waals surface area contributed by atoms with E-state index in [2.05, 4.69) is 6.92 Å². The maximum atomic E-state index is 12.3. The van der Waals surface area contributed by atoms with Gasteiger partial charge in [0, 0.05) is 24.7 Å². The van der Waals surface area contributed by atoms with Crippen molar-refractivity contribution >= 4 is 18.3 Å². The molecule has 1 aromatic carbocycles. The van der Waals surface area contributed by atoms with Crippen LogP contribution in [-0.2, 0) is 6.42 Å². The number of carbonyl (C=O) groups is 1. The number of hydrogen-bond donors (Lipinski definition) is 1. The number of nitrogens with zero attached hydrogens (tertiary/aromatic N) is 1. The molecule has 1 heterocycles. The Morgan fingerprint density at radius 1 is 1.39 bits per heavy atom. The lowest BCUT2D eigenvalue weighted by Crippen LogP contribution is -2.39. The highest BCUT2D eigenvalue weighted by Gasteiger charge is 2.27. The van der Waals surface area contributed by atoms with Gasteiger partial charge in [-0.1, -0.05) is 19.1 Å². The van der Waals surface area contributed by atoms with E-state index >= 15 is 0 Å². The average molecular weight is 269 g/mol. The number of amides is 1. The van der Waals surface area contributed by atoms with E-state index in [9.17, 15) is 4.79 Å². The lowest BCUT2D eigenvalue weighted by molar-refractivity contribution is 0.0741. The number of hydrogen-bond acceptors (Lipinski definition) is 2. The predicted octanol–water partition coefficient (Wildman–Crippen LogP) is 2.23. The van der Waals surface area contributed by atoms with Crippen LogP contribution >= 0.6 is 12.4 Å². The van der Waals surface area contributed by atoms with Gasteiger partial charge in [0.25, 0.3) is 5.91 Å². The van der Waals surface area contributed by atoms with E-state index in [-0.39, 0.29) is 24.4 Å². The SMILES string of the molecule is CCc1ccc(C(=O)N2CCCC2CN)cc1.Cl. The number of rotatable bonds is 3. The summed E-state index contributed by atoms with van der Waals surface area (Å²) < 4.78 is 0. The second-order valence-corrected chi connectivity index (χ2v) is 4.58. The first-order valence-electron chi connectivity index (χ1n) is 6.36. The van der Waals surface area contributed by atoms with Crippen molar-refractivity contribution in [3.63, 3.8) is 0 Å². The first-order chi connectivity index (χ1) is 8.26. The molecule has 2 N–H and O–H groups in total. The predicted molar refractivity (Wildman–Crippen MR) is 76.2 cm³/mol. The quantitative estimate of drug-likeness (QED) is 0.914. The van der Waals surface area contributed by atoms with E-state index in [1.165, 1.54) is 5.56 Å². The van der Waals surface area contributed by atoms with Gasteiger partial charge in [-0.15, -0.1) is 12.4 Å². The van der Waals surface area contributed by atoms with Gasteiger partial charge < -0.3 is 10.6 Å². The fraction of sp³-hybridized carbons (Fsp3) is 0.500. The molecule has 0 aliphatic carbocycles. The third-order valence-electron chi connectivity index (χ3n) is 3.52. The molecule has 1 atom stereocenters. The largest absolute Gasteiger partial charge is 0.334 e. The molecule has 1 aliphatic rings. The molecule has 1 fully saturated rings. The Morgan fingerprint density at radius 2 is 2.06 bits per heavy atom. The number of nitrogens with two attached hydrogens (primary N) is 1. The van der Waals surface area contributed by atoms with Gasteiger partial charge in [0.2, 0.25) is 0 Å². The number of aryl methyl sites for hydroxylation is 1. The van der Waals surface area contributed by atoms with Crippen LogP contribution in [-0.4, -0.2) is 29.9 Å². The highest BCUT2D eigenvalue weighted by atomic mass is 35.5. The summed E-state index contributed by atoms with van der Waals surface area (Å²) in [5, 5.41) is 0. The summed E-state index contributed by atoms with van der Waals surface area (Å²) in [4.78, 5) is 14.2. The maximum absolute atomic E-state index is 12.3. The zero-order chi connectivity index (χ0) is 12.3. The van der Waals surface area contributed by atoms with E-state index in [1.807, 2.05) is 29.2 Å². The molecule has 1 amide bonds. The van der Waals surface area contributed by atoms with E-state index in [0.717, 1.165) is 31.4 Å². The molecule has 1 saturated heterocycles. The van der Waals surface area contributed by atoms with E-state index < -0.39 is 0 Å². The van der Waals surface area contributed by atoms with E-state index in [4.69, 9.17) is 5.73 Å². The van der Waals surface area contributed by atoms with Crippen molar-refractivity contribution in [2.45, 2.75) is 32.2 Å². The third kappa shape index (κ3) is 3.03. The Hall–Kier alpha value is -1.06. The summed E-state index contributed by atoms with van der Waals surface area (Å²) in [6.45, 7) is 3.52. The molecule has 100 valence electrons. The van der Waals surface area contributed by atoms with Crippen molar-refractivity contribution in [2.24, 2.45) is 5.73 Å². The Bertz CT molecular complexity index is 391. The van der Waals surface area contributed by atoms with Crippen LogP contribution in [0.1, 0.15) is 35.7 Å². The summed E-state index contributed by atoms with van der Waals surface area (Å²) in [6, 6.07) is 8.13. The molecule has 0 bridgehead atoms. The van der Waals surface area contributed by atoms with Crippen molar-refractivity contribution in [3.8, 4) is 0 Å². The van der Waals surface area contributed by atoms with E-state index in [0.29, 0.717) is 6.54 Å². The standard InChI is InChI=1S/C14H20N2O.ClH/c1-2-11-5-7-12(8-6-11)14(17)16-9-3-4-13(16)10-15;/h5-8,13H,2-4,9-10,15H2,1H3;1H. The number of halogens is 1. The number of carbonyl (C=O) groups excluding carboxylic acids is 1. The fourth-order valence-electron chi connectivity index (χ4n) is 2.40. The lowest BCUT2D eigenvalue weighted by atomic mass is 10.1. The van der Waals surface area contributed by atoms with Crippen molar-refractivity contribution < 1.29 is 4.79 Å². The first-order valence-corrected chi connectivity index (χ1v) is 6.36. The Morgan fingerprint density at radius 3 is 2.61 bits per heavy atom. The van der Waals surface area contributed by atoms with Crippen LogP contribution in [0, 0.1) is 0 Å². The molecular formula is C14H21ClN2O. The Balaban J connectivity index is 0.00000162. The van der Waals surface area contributed by atoms with Crippen molar-refractivity contribution in [3.05, 3.63) is 35.4 Å². The van der Waals surface area contributed by atoms with Crippen LogP contribution in [0.5, 0.6) is 0 Å². The van der Waals surface area contributed by atoms with Crippen molar-refractivity contribution in [1.82, 2.24) is 4.90 Å². The van der Waals surface area contributed by atoms with Crippen LogP contribution in [0.15, 0.2) is 24.3 Å². The normalized spacial score (nSPS) is 18.6. The molecule has 1 unspecified atom stereocenters. The molecule has 0 spiro atoms. The van der Waals surface area contributed by atoms with Crippen LogP contribution in [0.2, 0.25) is 0 Å². The summed E-state index contributed by atoms with van der Waals surface area (Å²) in [6.07, 6.45) is 3.11. The molecule has 4 heteroatoms. The smallest absolute Gasteiger partial charge is 0.254 e. The van der Waals surface area contributed by atoms with Gasteiger partial charge in [-0.3, -0.25) is 4.79 Å². The molecule has 0 radical (unpaired) electrons.